The van der Waals surface area contributed by atoms with Crippen LogP contribution in [0.15, 0.2) is 73.0 Å². The molecule has 1 fully saturated rings. The molecule has 1 saturated heterocycles. The van der Waals surface area contributed by atoms with E-state index in [1.54, 1.807) is 34.9 Å². The molecule has 5 rings (SSSR count). The van der Waals surface area contributed by atoms with Gasteiger partial charge in [0.05, 0.1) is 30.2 Å². The monoisotopic (exact) mass is 527 g/mol. The number of hydrogen-bond acceptors (Lipinski definition) is 6. The average molecular weight is 528 g/mol. The summed E-state index contributed by atoms with van der Waals surface area (Å²) in [6.45, 7) is 7.59. The molecule has 1 aliphatic heterocycles. The topological polar surface area (TPSA) is 102 Å². The Labute approximate surface area is 227 Å². The number of benzene rings is 1. The number of amides is 1. The summed E-state index contributed by atoms with van der Waals surface area (Å²) in [5.74, 6) is -0.424. The second-order valence-corrected chi connectivity index (χ2v) is 10.2. The molecule has 39 heavy (non-hydrogen) atoms. The van der Waals surface area contributed by atoms with E-state index in [1.807, 2.05) is 53.2 Å². The Hall–Kier alpha value is -4.40. The third kappa shape index (κ3) is 5.30. The maximum Gasteiger partial charge on any atom is 0.295 e. The molecule has 4 aromatic rings. The highest BCUT2D eigenvalue weighted by molar-refractivity contribution is 6.46. The van der Waals surface area contributed by atoms with E-state index < -0.39 is 17.7 Å². The minimum Gasteiger partial charge on any atom is -0.505 e. The number of aliphatic hydroxyl groups is 1. The van der Waals surface area contributed by atoms with E-state index >= 15 is 0 Å². The number of nitrogens with zero attached hydrogens (tertiary/aromatic N) is 5. The van der Waals surface area contributed by atoms with Gasteiger partial charge in [-0.1, -0.05) is 32.0 Å². The molecule has 0 aliphatic carbocycles. The lowest BCUT2D eigenvalue weighted by Gasteiger charge is -2.26. The summed E-state index contributed by atoms with van der Waals surface area (Å²) in [7, 11) is 0. The number of carbonyl (C=O) groups excluding carboxylic acids is 2. The van der Waals surface area contributed by atoms with Crippen molar-refractivity contribution in [1.29, 1.82) is 0 Å². The van der Waals surface area contributed by atoms with Gasteiger partial charge in [0.25, 0.3) is 11.7 Å². The van der Waals surface area contributed by atoms with Crippen LogP contribution in [-0.2, 0) is 16.1 Å². The molecule has 0 saturated carbocycles. The number of ether oxygens (including phenoxy) is 1. The lowest BCUT2D eigenvalue weighted by atomic mass is 9.96. The fourth-order valence-electron chi connectivity index (χ4n) is 5.01. The van der Waals surface area contributed by atoms with Crippen molar-refractivity contribution in [2.75, 3.05) is 13.2 Å². The van der Waals surface area contributed by atoms with E-state index in [4.69, 9.17) is 4.74 Å². The highest BCUT2D eigenvalue weighted by Gasteiger charge is 2.46. The number of aliphatic hydroxyl groups excluding tert-OH is 1. The summed E-state index contributed by atoms with van der Waals surface area (Å²) in [4.78, 5) is 37.1. The summed E-state index contributed by atoms with van der Waals surface area (Å²) in [5.41, 5.74) is 2.36. The zero-order chi connectivity index (χ0) is 27.5. The lowest BCUT2D eigenvalue weighted by molar-refractivity contribution is -0.139. The number of likely N-dealkylation sites (tertiary alicyclic amines) is 1. The van der Waals surface area contributed by atoms with E-state index in [1.165, 1.54) is 0 Å². The van der Waals surface area contributed by atoms with Crippen molar-refractivity contribution in [1.82, 2.24) is 23.8 Å². The van der Waals surface area contributed by atoms with Crippen molar-refractivity contribution in [3.63, 3.8) is 0 Å². The number of hydrogen-bond donors (Lipinski definition) is 1. The molecule has 9 nitrogen and oxygen atoms in total. The first-order valence-electron chi connectivity index (χ1n) is 13.3. The standard InChI is InChI=1S/C30H33N5O4/c1-20(2)11-17-39-23-9-6-8-22(18-23)27-25(28(36)26-21(3)32-24-10-4-5-14-34(24)26)29(37)30(38)35(27)15-7-13-33-16-12-31-19-33/h4-6,8-10,12,14,16,18-20,27,36H,7,11,13,15,17H2,1-3H3/b28-25+. The molecule has 1 atom stereocenters. The van der Waals surface area contributed by atoms with E-state index in [9.17, 15) is 14.7 Å². The zero-order valence-corrected chi connectivity index (χ0v) is 22.4. The van der Waals surface area contributed by atoms with E-state index in [2.05, 4.69) is 23.8 Å². The summed E-state index contributed by atoms with van der Waals surface area (Å²) >= 11 is 0. The minimum atomic E-state index is -0.768. The molecule has 0 spiro atoms. The number of imidazole rings is 2. The van der Waals surface area contributed by atoms with Crippen LogP contribution < -0.4 is 4.74 Å². The molecule has 0 bridgehead atoms. The van der Waals surface area contributed by atoms with Crippen LogP contribution in [0, 0.1) is 12.8 Å². The van der Waals surface area contributed by atoms with Crippen LogP contribution in [0.5, 0.6) is 5.75 Å². The van der Waals surface area contributed by atoms with Gasteiger partial charge in [-0.25, -0.2) is 9.97 Å². The maximum atomic E-state index is 13.5. The lowest BCUT2D eigenvalue weighted by Crippen LogP contribution is -2.31. The van der Waals surface area contributed by atoms with Gasteiger partial charge in [0.2, 0.25) is 0 Å². The quantitative estimate of drug-likeness (QED) is 0.181. The van der Waals surface area contributed by atoms with E-state index in [0.717, 1.165) is 6.42 Å². The summed E-state index contributed by atoms with van der Waals surface area (Å²) in [6.07, 6.45) is 8.58. The number of ketones is 1. The Morgan fingerprint density at radius 2 is 1.95 bits per heavy atom. The van der Waals surface area contributed by atoms with Gasteiger partial charge < -0.3 is 19.3 Å². The van der Waals surface area contributed by atoms with E-state index in [0.29, 0.717) is 60.4 Å². The van der Waals surface area contributed by atoms with Crippen molar-refractivity contribution in [3.05, 3.63) is 89.9 Å². The number of pyridine rings is 1. The SMILES string of the molecule is Cc1nc2ccccn2c1/C(O)=C1\C(=O)C(=O)N(CCCn2ccnc2)C1c1cccc(OCCC(C)C)c1. The molecular formula is C30H33N5O4. The van der Waals surface area contributed by atoms with Gasteiger partial charge in [-0.3, -0.25) is 14.0 Å². The summed E-state index contributed by atoms with van der Waals surface area (Å²) in [5, 5.41) is 11.6. The molecule has 9 heteroatoms. The number of Topliss-reactive ketones (excluding diaryl/α,β-unsaturated/α-hetero) is 1. The first kappa shape index (κ1) is 26.2. The number of aromatic nitrogens is 4. The van der Waals surface area contributed by atoms with Gasteiger partial charge >= 0.3 is 0 Å². The predicted octanol–water partition coefficient (Wildman–Crippen LogP) is 4.78. The van der Waals surface area contributed by atoms with Crippen LogP contribution in [-0.4, -0.2) is 53.8 Å². The molecule has 3 aromatic heterocycles. The molecule has 1 amide bonds. The second kappa shape index (κ2) is 11.1. The number of rotatable bonds is 10. The van der Waals surface area contributed by atoms with Crippen molar-refractivity contribution in [3.8, 4) is 5.75 Å². The molecule has 1 aliphatic rings. The van der Waals surface area contributed by atoms with Gasteiger partial charge in [0.1, 0.15) is 17.1 Å². The van der Waals surface area contributed by atoms with Crippen LogP contribution in [0.3, 0.4) is 0 Å². The molecule has 202 valence electrons. The molecule has 0 radical (unpaired) electrons. The Morgan fingerprint density at radius 1 is 1.10 bits per heavy atom. The molecule has 1 N–H and O–H groups in total. The van der Waals surface area contributed by atoms with Crippen LogP contribution in [0.4, 0.5) is 0 Å². The van der Waals surface area contributed by atoms with Gasteiger partial charge in [0.15, 0.2) is 5.76 Å². The molecule has 4 heterocycles. The van der Waals surface area contributed by atoms with Crippen molar-refractivity contribution in [2.45, 2.75) is 46.2 Å². The third-order valence-electron chi connectivity index (χ3n) is 6.98. The van der Waals surface area contributed by atoms with Gasteiger partial charge in [-0.15, -0.1) is 0 Å². The Kier molecular flexibility index (Phi) is 7.49. The highest BCUT2D eigenvalue weighted by atomic mass is 16.5. The van der Waals surface area contributed by atoms with Crippen LogP contribution in [0.2, 0.25) is 0 Å². The van der Waals surface area contributed by atoms with E-state index in [-0.39, 0.29) is 11.3 Å². The fourth-order valence-corrected chi connectivity index (χ4v) is 5.01. The largest absolute Gasteiger partial charge is 0.505 e. The predicted molar refractivity (Wildman–Crippen MR) is 147 cm³/mol. The third-order valence-corrected chi connectivity index (χ3v) is 6.98. The van der Waals surface area contributed by atoms with Gasteiger partial charge in [0, 0.05) is 31.7 Å². The molecule has 1 aromatic carbocycles. The number of carbonyl (C=O) groups is 2. The smallest absolute Gasteiger partial charge is 0.295 e. The maximum absolute atomic E-state index is 13.5. The zero-order valence-electron chi connectivity index (χ0n) is 22.4. The first-order valence-corrected chi connectivity index (χ1v) is 13.3. The summed E-state index contributed by atoms with van der Waals surface area (Å²) in [6, 6.07) is 12.2. The Bertz CT molecular complexity index is 1520. The average Bonchev–Trinajstić information content (AvgIpc) is 3.61. The van der Waals surface area contributed by atoms with Crippen LogP contribution in [0.1, 0.15) is 49.7 Å². The number of fused-ring (bicyclic) bond motifs is 1. The Morgan fingerprint density at radius 3 is 2.72 bits per heavy atom. The van der Waals surface area contributed by atoms with Gasteiger partial charge in [-0.2, -0.15) is 0 Å². The first-order chi connectivity index (χ1) is 18.8. The van der Waals surface area contributed by atoms with Crippen molar-refractivity contribution < 1.29 is 19.4 Å². The fraction of sp³-hybridized carbons (Fsp3) is 0.333. The molecular weight excluding hydrogens is 494 g/mol. The second-order valence-electron chi connectivity index (χ2n) is 10.2. The van der Waals surface area contributed by atoms with Crippen LogP contribution in [0.25, 0.3) is 11.4 Å². The Balaban J connectivity index is 1.56. The normalized spacial score (nSPS) is 17.0. The van der Waals surface area contributed by atoms with Crippen molar-refractivity contribution >= 4 is 23.1 Å². The highest BCUT2D eigenvalue weighted by Crippen LogP contribution is 2.41. The minimum absolute atomic E-state index is 0.0516. The summed E-state index contributed by atoms with van der Waals surface area (Å²) < 4.78 is 9.65. The number of aryl methyl sites for hydroxylation is 2. The molecule has 1 unspecified atom stereocenters. The van der Waals surface area contributed by atoms with Gasteiger partial charge in [-0.05, 0) is 55.5 Å². The van der Waals surface area contributed by atoms with Crippen LogP contribution >= 0.6 is 0 Å². The van der Waals surface area contributed by atoms with Crippen molar-refractivity contribution in [2.24, 2.45) is 5.92 Å².